The Hall–Kier alpha value is -3.79. The van der Waals surface area contributed by atoms with Gasteiger partial charge in [-0.25, -0.2) is 0 Å². The summed E-state index contributed by atoms with van der Waals surface area (Å²) in [5, 5.41) is 13.7. The average molecular weight is 379 g/mol. The first-order valence-electron chi connectivity index (χ1n) is 9.46. The Morgan fingerprint density at radius 1 is 0.621 bits per heavy atom. The third kappa shape index (κ3) is 3.78. The smallest absolute Gasteiger partial charge is 0.118 e. The van der Waals surface area contributed by atoms with Crippen LogP contribution in [0.1, 0.15) is 22.5 Å². The van der Waals surface area contributed by atoms with E-state index in [0.717, 1.165) is 45.0 Å². The molecule has 0 atom stereocenters. The zero-order valence-corrected chi connectivity index (χ0v) is 16.4. The van der Waals surface area contributed by atoms with E-state index in [4.69, 9.17) is 0 Å². The van der Waals surface area contributed by atoms with Crippen LogP contribution in [0.5, 0.6) is 0 Å². The molecule has 0 radical (unpaired) electrons. The molecule has 4 nitrogen and oxygen atoms in total. The van der Waals surface area contributed by atoms with E-state index >= 15 is 0 Å². The Morgan fingerprint density at radius 3 is 1.48 bits per heavy atom. The van der Waals surface area contributed by atoms with E-state index < -0.39 is 0 Å². The van der Waals surface area contributed by atoms with E-state index in [1.807, 2.05) is 98.8 Å². The number of hydrogen-bond donors (Lipinski definition) is 1. The molecule has 0 amide bonds. The first-order chi connectivity index (χ1) is 14.2. The van der Waals surface area contributed by atoms with Gasteiger partial charge in [-0.2, -0.15) is 0 Å². The maximum Gasteiger partial charge on any atom is 0.118 e. The van der Waals surface area contributed by atoms with Crippen molar-refractivity contribution in [2.24, 2.45) is 5.16 Å². The summed E-state index contributed by atoms with van der Waals surface area (Å²) in [7, 11) is 0. The van der Waals surface area contributed by atoms with Crippen molar-refractivity contribution in [1.82, 2.24) is 9.97 Å². The van der Waals surface area contributed by atoms with Crippen molar-refractivity contribution in [2.75, 3.05) is 0 Å². The van der Waals surface area contributed by atoms with Crippen LogP contribution in [0.2, 0.25) is 0 Å². The van der Waals surface area contributed by atoms with E-state index in [2.05, 4.69) is 15.1 Å². The molecule has 0 aliphatic rings. The Balaban J connectivity index is 1.90. The lowest BCUT2D eigenvalue weighted by Crippen LogP contribution is -2.08. The van der Waals surface area contributed by atoms with Gasteiger partial charge in [-0.15, -0.1) is 0 Å². The van der Waals surface area contributed by atoms with Crippen LogP contribution in [-0.2, 0) is 0 Å². The number of aromatic nitrogens is 2. The van der Waals surface area contributed by atoms with Gasteiger partial charge in [0, 0.05) is 33.6 Å². The van der Waals surface area contributed by atoms with Crippen molar-refractivity contribution in [2.45, 2.75) is 13.8 Å². The zero-order chi connectivity index (χ0) is 20.2. The highest BCUT2D eigenvalue weighted by atomic mass is 16.4. The predicted molar refractivity (Wildman–Crippen MR) is 116 cm³/mol. The van der Waals surface area contributed by atoms with Gasteiger partial charge < -0.3 is 5.21 Å². The van der Waals surface area contributed by atoms with Crippen LogP contribution in [0.4, 0.5) is 0 Å². The summed E-state index contributed by atoms with van der Waals surface area (Å²) < 4.78 is 0. The van der Waals surface area contributed by atoms with Gasteiger partial charge in [0.1, 0.15) is 5.71 Å². The zero-order valence-electron chi connectivity index (χ0n) is 16.4. The molecule has 0 unspecified atom stereocenters. The number of pyridine rings is 2. The molecule has 0 fully saturated rings. The monoisotopic (exact) mass is 379 g/mol. The van der Waals surface area contributed by atoms with Crippen molar-refractivity contribution < 1.29 is 5.21 Å². The fraction of sp³-hybridized carbons (Fsp3) is 0.0800. The minimum Gasteiger partial charge on any atom is -0.410 e. The molecule has 2 heterocycles. The normalized spacial score (nSPS) is 10.6. The van der Waals surface area contributed by atoms with Crippen molar-refractivity contribution in [3.8, 4) is 22.5 Å². The van der Waals surface area contributed by atoms with Gasteiger partial charge in [-0.05, 0) is 38.1 Å². The maximum absolute atomic E-state index is 10.0. The molecule has 4 rings (SSSR count). The fourth-order valence-electron chi connectivity index (χ4n) is 3.46. The Labute approximate surface area is 170 Å². The molecular formula is C25H21N3O. The van der Waals surface area contributed by atoms with Crippen molar-refractivity contribution >= 4 is 5.71 Å². The minimum atomic E-state index is 0.489. The Kier molecular flexibility index (Phi) is 5.16. The second-order valence-electron chi connectivity index (χ2n) is 6.87. The SMILES string of the molecule is Cc1cccc(-c2ccccc2C(=NO)c2ccccc2-c2cccc(C)n2)n1. The van der Waals surface area contributed by atoms with Crippen LogP contribution < -0.4 is 0 Å². The molecule has 0 spiro atoms. The molecule has 0 bridgehead atoms. The summed E-state index contributed by atoms with van der Waals surface area (Å²) in [6, 6.07) is 27.5. The highest BCUT2D eigenvalue weighted by Crippen LogP contribution is 2.29. The van der Waals surface area contributed by atoms with Gasteiger partial charge in [-0.3, -0.25) is 9.97 Å². The minimum absolute atomic E-state index is 0.489. The van der Waals surface area contributed by atoms with Gasteiger partial charge in [-0.1, -0.05) is 65.8 Å². The summed E-state index contributed by atoms with van der Waals surface area (Å²) in [5.74, 6) is 0. The Morgan fingerprint density at radius 2 is 1.07 bits per heavy atom. The van der Waals surface area contributed by atoms with Gasteiger partial charge in [0.05, 0.1) is 11.4 Å². The average Bonchev–Trinajstić information content (AvgIpc) is 2.75. The third-order valence-electron chi connectivity index (χ3n) is 4.79. The molecule has 2 aromatic heterocycles. The number of hydrogen-bond acceptors (Lipinski definition) is 4. The molecule has 0 saturated heterocycles. The molecule has 0 aliphatic carbocycles. The van der Waals surface area contributed by atoms with Crippen LogP contribution in [0.15, 0.2) is 90.1 Å². The second-order valence-corrected chi connectivity index (χ2v) is 6.87. The summed E-state index contributed by atoms with van der Waals surface area (Å²) in [4.78, 5) is 9.32. The van der Waals surface area contributed by atoms with Crippen LogP contribution in [0.3, 0.4) is 0 Å². The highest BCUT2D eigenvalue weighted by Gasteiger charge is 2.18. The number of benzene rings is 2. The Bertz CT molecular complexity index is 1110. The van der Waals surface area contributed by atoms with Gasteiger partial charge in [0.2, 0.25) is 0 Å². The van der Waals surface area contributed by atoms with Crippen molar-refractivity contribution in [1.29, 1.82) is 0 Å². The third-order valence-corrected chi connectivity index (χ3v) is 4.79. The summed E-state index contributed by atoms with van der Waals surface area (Å²) in [6.07, 6.45) is 0. The maximum atomic E-state index is 10.0. The molecule has 0 aliphatic heterocycles. The van der Waals surface area contributed by atoms with Crippen LogP contribution in [0.25, 0.3) is 22.5 Å². The lowest BCUT2D eigenvalue weighted by molar-refractivity contribution is 0.319. The standard InChI is InChI=1S/C25H21N3O/c1-17-9-7-15-23(26-17)19-11-3-5-13-21(19)25(28-29)22-14-6-4-12-20(22)24-16-8-10-18(2)27-24/h3-16,29H,1-2H3. The summed E-state index contributed by atoms with van der Waals surface area (Å²) in [5.41, 5.74) is 7.49. The summed E-state index contributed by atoms with van der Waals surface area (Å²) >= 11 is 0. The first kappa shape index (κ1) is 18.6. The number of nitrogens with zero attached hydrogens (tertiary/aromatic N) is 3. The largest absolute Gasteiger partial charge is 0.410 e. The number of aryl methyl sites for hydroxylation is 2. The molecule has 4 heteroatoms. The highest BCUT2D eigenvalue weighted by molar-refractivity contribution is 6.18. The second kappa shape index (κ2) is 8.07. The van der Waals surface area contributed by atoms with E-state index in [1.54, 1.807) is 0 Å². The molecule has 2 aromatic carbocycles. The molecule has 29 heavy (non-hydrogen) atoms. The topological polar surface area (TPSA) is 58.4 Å². The summed E-state index contributed by atoms with van der Waals surface area (Å²) in [6.45, 7) is 3.93. The molecular weight excluding hydrogens is 358 g/mol. The quantitative estimate of drug-likeness (QED) is 0.283. The van der Waals surface area contributed by atoms with Crippen molar-refractivity contribution in [3.63, 3.8) is 0 Å². The molecule has 4 aromatic rings. The predicted octanol–water partition coefficient (Wildman–Crippen LogP) is 5.65. The van der Waals surface area contributed by atoms with Crippen molar-refractivity contribution in [3.05, 3.63) is 107 Å². The van der Waals surface area contributed by atoms with E-state index in [0.29, 0.717) is 5.71 Å². The van der Waals surface area contributed by atoms with Crippen LogP contribution >= 0.6 is 0 Å². The van der Waals surface area contributed by atoms with Crippen LogP contribution in [0, 0.1) is 13.8 Å². The van der Waals surface area contributed by atoms with E-state index in [1.165, 1.54) is 0 Å². The fourth-order valence-corrected chi connectivity index (χ4v) is 3.46. The van der Waals surface area contributed by atoms with Gasteiger partial charge in [0.15, 0.2) is 0 Å². The van der Waals surface area contributed by atoms with E-state index in [-0.39, 0.29) is 0 Å². The first-order valence-corrected chi connectivity index (χ1v) is 9.46. The number of rotatable bonds is 4. The van der Waals surface area contributed by atoms with E-state index in [9.17, 15) is 5.21 Å². The molecule has 0 saturated carbocycles. The van der Waals surface area contributed by atoms with Gasteiger partial charge in [0.25, 0.3) is 0 Å². The van der Waals surface area contributed by atoms with Gasteiger partial charge >= 0.3 is 0 Å². The number of oxime groups is 1. The lowest BCUT2D eigenvalue weighted by atomic mass is 9.91. The van der Waals surface area contributed by atoms with Crippen LogP contribution in [-0.4, -0.2) is 20.9 Å². The molecule has 1 N–H and O–H groups in total. The lowest BCUT2D eigenvalue weighted by Gasteiger charge is -2.14. The molecule has 142 valence electrons.